The van der Waals surface area contributed by atoms with Gasteiger partial charge in [-0.15, -0.1) is 0 Å². The lowest BCUT2D eigenvalue weighted by molar-refractivity contribution is 0.411. The molecule has 0 aliphatic rings. The average molecular weight is 327 g/mol. The molecule has 0 fully saturated rings. The second kappa shape index (κ2) is 6.41. The van der Waals surface area contributed by atoms with E-state index >= 15 is 0 Å². The zero-order chi connectivity index (χ0) is 16.3. The van der Waals surface area contributed by atoms with Crippen LogP contribution >= 0.6 is 0 Å². The monoisotopic (exact) mass is 327 g/mol. The molecule has 0 amide bonds. The van der Waals surface area contributed by atoms with Crippen LogP contribution in [0.3, 0.4) is 0 Å². The van der Waals surface area contributed by atoms with Gasteiger partial charge in [0.15, 0.2) is 11.6 Å². The summed E-state index contributed by atoms with van der Waals surface area (Å²) in [6.45, 7) is 1.60. The van der Waals surface area contributed by atoms with Crippen LogP contribution in [-0.2, 0) is 16.6 Å². The van der Waals surface area contributed by atoms with Crippen LogP contribution in [0, 0.1) is 18.6 Å². The summed E-state index contributed by atoms with van der Waals surface area (Å²) in [5.74, 6) is -1.41. The molecule has 1 N–H and O–H groups in total. The number of nitrogens with one attached hydrogen (secondary N) is 1. The molecule has 0 aliphatic carbocycles. The minimum absolute atomic E-state index is 0.0772. The Labute approximate surface area is 127 Å². The van der Waals surface area contributed by atoms with Crippen molar-refractivity contribution in [2.45, 2.75) is 18.4 Å². The topological polar surface area (TPSA) is 55.4 Å². The lowest BCUT2D eigenvalue weighted by Crippen LogP contribution is -2.23. The van der Waals surface area contributed by atoms with Gasteiger partial charge in [-0.05, 0) is 48.4 Å². The summed E-state index contributed by atoms with van der Waals surface area (Å²) in [5.41, 5.74) is 1.01. The Hall–Kier alpha value is -1.99. The van der Waals surface area contributed by atoms with Gasteiger partial charge >= 0.3 is 0 Å². The highest BCUT2D eigenvalue weighted by Gasteiger charge is 2.15. The minimum Gasteiger partial charge on any atom is -0.496 e. The predicted molar refractivity (Wildman–Crippen MR) is 78.1 cm³/mol. The van der Waals surface area contributed by atoms with Crippen molar-refractivity contribution in [2.24, 2.45) is 0 Å². The maximum absolute atomic E-state index is 13.1. The number of halogens is 2. The standard InChI is InChI=1S/C15H15F2NO3S/c1-10-7-12(4-6-15(10)21-2)22(19,20)18-9-11-3-5-13(16)14(17)8-11/h3-8,18H,9H2,1-2H3. The second-order valence-corrected chi connectivity index (χ2v) is 6.47. The van der Waals surface area contributed by atoms with Crippen LogP contribution in [0.2, 0.25) is 0 Å². The Balaban J connectivity index is 2.17. The third-order valence-electron chi connectivity index (χ3n) is 3.13. The zero-order valence-corrected chi connectivity index (χ0v) is 12.9. The van der Waals surface area contributed by atoms with Crippen molar-refractivity contribution >= 4 is 10.0 Å². The molecule has 0 bridgehead atoms. The van der Waals surface area contributed by atoms with Crippen molar-refractivity contribution in [3.63, 3.8) is 0 Å². The summed E-state index contributed by atoms with van der Waals surface area (Å²) < 4.78 is 57.7. The number of sulfonamides is 1. The normalized spacial score (nSPS) is 11.5. The van der Waals surface area contributed by atoms with Crippen LogP contribution < -0.4 is 9.46 Å². The molecule has 2 aromatic rings. The van der Waals surface area contributed by atoms with E-state index in [2.05, 4.69) is 4.72 Å². The SMILES string of the molecule is COc1ccc(S(=O)(=O)NCc2ccc(F)c(F)c2)cc1C. The van der Waals surface area contributed by atoms with Crippen molar-refractivity contribution in [1.29, 1.82) is 0 Å². The number of rotatable bonds is 5. The van der Waals surface area contributed by atoms with Crippen LogP contribution in [-0.4, -0.2) is 15.5 Å². The molecule has 2 rings (SSSR count). The van der Waals surface area contributed by atoms with Crippen molar-refractivity contribution < 1.29 is 21.9 Å². The van der Waals surface area contributed by atoms with Gasteiger partial charge in [0, 0.05) is 6.54 Å². The van der Waals surface area contributed by atoms with Crippen molar-refractivity contribution in [2.75, 3.05) is 7.11 Å². The summed E-state index contributed by atoms with van der Waals surface area (Å²) in [6, 6.07) is 7.68. The van der Waals surface area contributed by atoms with Gasteiger partial charge in [0.2, 0.25) is 10.0 Å². The predicted octanol–water partition coefficient (Wildman–Crippen LogP) is 2.76. The highest BCUT2D eigenvalue weighted by molar-refractivity contribution is 7.89. The average Bonchev–Trinajstić information content (AvgIpc) is 2.48. The minimum atomic E-state index is -3.75. The molecular weight excluding hydrogens is 312 g/mol. The van der Waals surface area contributed by atoms with Gasteiger partial charge in [0.05, 0.1) is 12.0 Å². The number of methoxy groups -OCH3 is 1. The van der Waals surface area contributed by atoms with E-state index < -0.39 is 21.7 Å². The maximum atomic E-state index is 13.1. The van der Waals surface area contributed by atoms with Crippen LogP contribution in [0.5, 0.6) is 5.75 Å². The van der Waals surface area contributed by atoms with Crippen LogP contribution in [0.1, 0.15) is 11.1 Å². The van der Waals surface area contributed by atoms with Crippen LogP contribution in [0.15, 0.2) is 41.3 Å². The van der Waals surface area contributed by atoms with E-state index in [4.69, 9.17) is 4.74 Å². The molecule has 0 aromatic heterocycles. The molecule has 0 saturated carbocycles. The maximum Gasteiger partial charge on any atom is 0.240 e. The highest BCUT2D eigenvalue weighted by Crippen LogP contribution is 2.21. The Kier molecular flexibility index (Phi) is 4.77. The van der Waals surface area contributed by atoms with Gasteiger partial charge in [-0.2, -0.15) is 0 Å². The van der Waals surface area contributed by atoms with Gasteiger partial charge in [0.25, 0.3) is 0 Å². The van der Waals surface area contributed by atoms with Gasteiger partial charge in [-0.1, -0.05) is 6.07 Å². The second-order valence-electron chi connectivity index (χ2n) is 4.70. The first-order valence-corrected chi connectivity index (χ1v) is 7.90. The summed E-state index contributed by atoms with van der Waals surface area (Å²) in [7, 11) is -2.25. The van der Waals surface area contributed by atoms with Crippen LogP contribution in [0.4, 0.5) is 8.78 Å². The number of aryl methyl sites for hydroxylation is 1. The van der Waals surface area contributed by atoms with E-state index in [9.17, 15) is 17.2 Å². The Morgan fingerprint density at radius 3 is 2.41 bits per heavy atom. The Morgan fingerprint density at radius 2 is 1.82 bits per heavy atom. The smallest absolute Gasteiger partial charge is 0.240 e. The van der Waals surface area contributed by atoms with E-state index in [1.807, 2.05) is 0 Å². The fourth-order valence-electron chi connectivity index (χ4n) is 1.93. The number of ether oxygens (including phenoxy) is 1. The quantitative estimate of drug-likeness (QED) is 0.919. The molecule has 0 radical (unpaired) electrons. The molecule has 0 atom stereocenters. The molecule has 0 unspecified atom stereocenters. The third kappa shape index (κ3) is 3.61. The number of hydrogen-bond donors (Lipinski definition) is 1. The van der Waals surface area contributed by atoms with Crippen molar-refractivity contribution in [1.82, 2.24) is 4.72 Å². The lowest BCUT2D eigenvalue weighted by Gasteiger charge is -2.10. The van der Waals surface area contributed by atoms with Gasteiger partial charge in [-0.25, -0.2) is 21.9 Å². The van der Waals surface area contributed by atoms with Gasteiger partial charge in [-0.3, -0.25) is 0 Å². The Bertz CT molecular complexity index is 791. The molecule has 0 saturated heterocycles. The van der Waals surface area contributed by atoms with E-state index in [0.717, 1.165) is 12.1 Å². The van der Waals surface area contributed by atoms with Crippen molar-refractivity contribution in [3.05, 3.63) is 59.2 Å². The molecule has 0 heterocycles. The summed E-state index contributed by atoms with van der Waals surface area (Å²) in [5, 5.41) is 0. The molecule has 4 nitrogen and oxygen atoms in total. The number of hydrogen-bond acceptors (Lipinski definition) is 3. The number of benzene rings is 2. The first-order valence-electron chi connectivity index (χ1n) is 6.42. The zero-order valence-electron chi connectivity index (χ0n) is 12.1. The fraction of sp³-hybridized carbons (Fsp3) is 0.200. The molecule has 118 valence electrons. The lowest BCUT2D eigenvalue weighted by atomic mass is 10.2. The largest absolute Gasteiger partial charge is 0.496 e. The van der Waals surface area contributed by atoms with E-state index in [-0.39, 0.29) is 11.4 Å². The molecule has 2 aromatic carbocycles. The Morgan fingerprint density at radius 1 is 1.09 bits per heavy atom. The van der Waals surface area contributed by atoms with E-state index in [1.54, 1.807) is 13.0 Å². The van der Waals surface area contributed by atoms with Gasteiger partial charge in [0.1, 0.15) is 5.75 Å². The van der Waals surface area contributed by atoms with E-state index in [0.29, 0.717) is 16.9 Å². The molecule has 0 aliphatic heterocycles. The molecule has 22 heavy (non-hydrogen) atoms. The molecule has 7 heteroatoms. The first-order chi connectivity index (χ1) is 10.3. The van der Waals surface area contributed by atoms with Gasteiger partial charge < -0.3 is 4.74 Å². The van der Waals surface area contributed by atoms with E-state index in [1.165, 1.54) is 25.3 Å². The summed E-state index contributed by atoms with van der Waals surface area (Å²) in [4.78, 5) is 0.0772. The first kappa shape index (κ1) is 16.4. The van der Waals surface area contributed by atoms with Crippen molar-refractivity contribution in [3.8, 4) is 5.75 Å². The van der Waals surface area contributed by atoms with Crippen LogP contribution in [0.25, 0.3) is 0 Å². The summed E-state index contributed by atoms with van der Waals surface area (Å²) in [6.07, 6.45) is 0. The fourth-order valence-corrected chi connectivity index (χ4v) is 3.03. The third-order valence-corrected chi connectivity index (χ3v) is 4.53. The molecular formula is C15H15F2NO3S. The molecule has 0 spiro atoms. The highest BCUT2D eigenvalue weighted by atomic mass is 32.2. The summed E-state index contributed by atoms with van der Waals surface area (Å²) >= 11 is 0.